The van der Waals surface area contributed by atoms with Crippen LogP contribution in [0.5, 0.6) is 0 Å². The zero-order valence-electron chi connectivity index (χ0n) is 17.0. The number of nitrogens with zero attached hydrogens (tertiary/aromatic N) is 3. The summed E-state index contributed by atoms with van der Waals surface area (Å²) in [6.07, 6.45) is 2.50. The molecule has 1 aliphatic carbocycles. The number of aromatic amines is 1. The summed E-state index contributed by atoms with van der Waals surface area (Å²) in [6.45, 7) is 1.42. The van der Waals surface area contributed by atoms with Crippen LogP contribution in [0.3, 0.4) is 0 Å². The van der Waals surface area contributed by atoms with Gasteiger partial charge >= 0.3 is 0 Å². The van der Waals surface area contributed by atoms with Crippen molar-refractivity contribution in [2.45, 2.75) is 13.0 Å². The van der Waals surface area contributed by atoms with Gasteiger partial charge in [0.15, 0.2) is 5.78 Å². The molecule has 2 heterocycles. The summed E-state index contributed by atoms with van der Waals surface area (Å²) in [5, 5.41) is 8.22. The second-order valence-electron chi connectivity index (χ2n) is 7.94. The van der Waals surface area contributed by atoms with Crippen LogP contribution in [0.4, 0.5) is 0 Å². The maximum Gasteiger partial charge on any atom is 0.258 e. The first-order chi connectivity index (χ1) is 14.6. The van der Waals surface area contributed by atoms with Crippen molar-refractivity contribution < 1.29 is 4.79 Å². The number of fused-ring (bicyclic) bond motifs is 5. The Bertz CT molecular complexity index is 1330. The third kappa shape index (κ3) is 2.80. The highest BCUT2D eigenvalue weighted by molar-refractivity contribution is 6.26. The number of pyridine rings is 1. The molecule has 0 radical (unpaired) electrons. The molecule has 4 aromatic rings. The SMILES string of the molecule is CN(C)CCCn1c2c(c3ccc(-c4ccn[nH]4)cc3c1=O)C(=O)c1ccccc1-2. The van der Waals surface area contributed by atoms with Gasteiger partial charge in [-0.15, -0.1) is 0 Å². The molecule has 1 aliphatic rings. The first-order valence-electron chi connectivity index (χ1n) is 10.1. The van der Waals surface area contributed by atoms with Gasteiger partial charge < -0.3 is 9.47 Å². The van der Waals surface area contributed by atoms with Gasteiger partial charge in [0.25, 0.3) is 5.56 Å². The Morgan fingerprint density at radius 1 is 1.00 bits per heavy atom. The number of hydrogen-bond donors (Lipinski definition) is 1. The summed E-state index contributed by atoms with van der Waals surface area (Å²) >= 11 is 0. The fourth-order valence-corrected chi connectivity index (χ4v) is 4.32. The minimum atomic E-state index is -0.0617. The predicted molar refractivity (Wildman–Crippen MR) is 118 cm³/mol. The van der Waals surface area contributed by atoms with Crippen LogP contribution in [0.25, 0.3) is 33.3 Å². The van der Waals surface area contributed by atoms with Gasteiger partial charge in [0.2, 0.25) is 0 Å². The number of carbonyl (C=O) groups is 1. The number of rotatable bonds is 5. The molecule has 2 aromatic carbocycles. The number of benzene rings is 2. The zero-order valence-corrected chi connectivity index (χ0v) is 17.0. The minimum Gasteiger partial charge on any atom is -0.309 e. The van der Waals surface area contributed by atoms with E-state index >= 15 is 0 Å². The molecule has 0 spiro atoms. The topological polar surface area (TPSA) is 71.0 Å². The van der Waals surface area contributed by atoms with Crippen LogP contribution < -0.4 is 5.56 Å². The molecule has 0 saturated heterocycles. The van der Waals surface area contributed by atoms with E-state index in [0.29, 0.717) is 28.4 Å². The van der Waals surface area contributed by atoms with E-state index in [-0.39, 0.29) is 11.3 Å². The maximum absolute atomic E-state index is 13.6. The van der Waals surface area contributed by atoms with Gasteiger partial charge in [-0.1, -0.05) is 36.4 Å². The van der Waals surface area contributed by atoms with Crippen LogP contribution in [0.2, 0.25) is 0 Å². The minimum absolute atomic E-state index is 0.0127. The quantitative estimate of drug-likeness (QED) is 0.491. The van der Waals surface area contributed by atoms with E-state index in [9.17, 15) is 9.59 Å². The molecular formula is C24H22N4O2. The van der Waals surface area contributed by atoms with E-state index in [2.05, 4.69) is 15.1 Å². The van der Waals surface area contributed by atoms with Crippen LogP contribution in [0.15, 0.2) is 59.5 Å². The zero-order chi connectivity index (χ0) is 20.8. The molecule has 0 atom stereocenters. The molecular weight excluding hydrogens is 376 g/mol. The van der Waals surface area contributed by atoms with Crippen LogP contribution in [0.1, 0.15) is 22.3 Å². The molecule has 2 aromatic heterocycles. The lowest BCUT2D eigenvalue weighted by atomic mass is 9.99. The van der Waals surface area contributed by atoms with Crippen LogP contribution in [-0.4, -0.2) is 46.1 Å². The van der Waals surface area contributed by atoms with Crippen LogP contribution in [0, 0.1) is 0 Å². The van der Waals surface area contributed by atoms with Crippen molar-refractivity contribution in [3.63, 3.8) is 0 Å². The standard InChI is InChI=1S/C24H22N4O2/c1-27(2)12-5-13-28-22-17-6-3-4-7-18(17)23(29)21(22)16-9-8-15(14-19(16)24(28)30)20-10-11-25-26-20/h3-4,6-11,14H,5,12-13H2,1-2H3,(H,25,26). The van der Waals surface area contributed by atoms with Crippen LogP contribution >= 0.6 is 0 Å². The molecule has 30 heavy (non-hydrogen) atoms. The largest absolute Gasteiger partial charge is 0.309 e. The first-order valence-corrected chi connectivity index (χ1v) is 10.1. The molecule has 0 bridgehead atoms. The van der Waals surface area contributed by atoms with Gasteiger partial charge in [-0.05, 0) is 39.2 Å². The van der Waals surface area contributed by atoms with Gasteiger partial charge in [0, 0.05) is 40.2 Å². The van der Waals surface area contributed by atoms with Crippen molar-refractivity contribution in [2.75, 3.05) is 20.6 Å². The van der Waals surface area contributed by atoms with E-state index in [1.807, 2.05) is 62.6 Å². The highest BCUT2D eigenvalue weighted by Gasteiger charge is 2.32. The molecule has 150 valence electrons. The number of carbonyl (C=O) groups excluding carboxylic acids is 1. The smallest absolute Gasteiger partial charge is 0.258 e. The van der Waals surface area contributed by atoms with Gasteiger partial charge in [-0.2, -0.15) is 5.10 Å². The second-order valence-corrected chi connectivity index (χ2v) is 7.94. The average Bonchev–Trinajstić information content (AvgIpc) is 3.38. The summed E-state index contributed by atoms with van der Waals surface area (Å²) in [5.74, 6) is -0.0127. The van der Waals surface area contributed by atoms with E-state index in [0.717, 1.165) is 35.5 Å². The molecule has 5 rings (SSSR count). The van der Waals surface area contributed by atoms with Crippen molar-refractivity contribution in [3.8, 4) is 22.5 Å². The Hall–Kier alpha value is -3.51. The normalized spacial score (nSPS) is 12.6. The van der Waals surface area contributed by atoms with E-state index in [1.54, 1.807) is 10.8 Å². The third-order valence-corrected chi connectivity index (χ3v) is 5.72. The average molecular weight is 398 g/mol. The van der Waals surface area contributed by atoms with E-state index in [4.69, 9.17) is 0 Å². The number of H-pyrrole nitrogens is 1. The van der Waals surface area contributed by atoms with Gasteiger partial charge in [-0.3, -0.25) is 14.7 Å². The first kappa shape index (κ1) is 18.5. The summed E-state index contributed by atoms with van der Waals surface area (Å²) in [6, 6.07) is 15.1. The molecule has 0 unspecified atom stereocenters. The number of nitrogens with one attached hydrogen (secondary N) is 1. The van der Waals surface area contributed by atoms with Gasteiger partial charge in [0.1, 0.15) is 0 Å². The summed E-state index contributed by atoms with van der Waals surface area (Å²) in [4.78, 5) is 29.0. The summed E-state index contributed by atoms with van der Waals surface area (Å²) < 4.78 is 1.79. The highest BCUT2D eigenvalue weighted by Crippen LogP contribution is 2.39. The molecule has 0 aliphatic heterocycles. The Balaban J connectivity index is 1.78. The van der Waals surface area contributed by atoms with Crippen molar-refractivity contribution in [3.05, 3.63) is 76.2 Å². The Kier molecular flexibility index (Phi) is 4.37. The van der Waals surface area contributed by atoms with Crippen molar-refractivity contribution in [1.29, 1.82) is 0 Å². The lowest BCUT2D eigenvalue weighted by Crippen LogP contribution is -2.25. The molecule has 1 N–H and O–H groups in total. The Morgan fingerprint density at radius 2 is 1.80 bits per heavy atom. The molecule has 6 heteroatoms. The lowest BCUT2D eigenvalue weighted by molar-refractivity contribution is 0.104. The summed E-state index contributed by atoms with van der Waals surface area (Å²) in [5.41, 5.74) is 4.55. The molecule has 0 saturated carbocycles. The second kappa shape index (κ2) is 7.07. The highest BCUT2D eigenvalue weighted by atomic mass is 16.1. The van der Waals surface area contributed by atoms with Crippen molar-refractivity contribution >= 4 is 16.6 Å². The van der Waals surface area contributed by atoms with Crippen LogP contribution in [-0.2, 0) is 6.54 Å². The van der Waals surface area contributed by atoms with E-state index < -0.39 is 0 Å². The lowest BCUT2D eigenvalue weighted by Gasteiger charge is -2.17. The van der Waals surface area contributed by atoms with Crippen molar-refractivity contribution in [2.24, 2.45) is 0 Å². The van der Waals surface area contributed by atoms with E-state index in [1.165, 1.54) is 0 Å². The monoisotopic (exact) mass is 398 g/mol. The molecule has 6 nitrogen and oxygen atoms in total. The fourth-order valence-electron chi connectivity index (χ4n) is 4.32. The Labute approximate surface area is 173 Å². The van der Waals surface area contributed by atoms with Gasteiger partial charge in [0.05, 0.1) is 17.0 Å². The summed E-state index contributed by atoms with van der Waals surface area (Å²) in [7, 11) is 4.03. The Morgan fingerprint density at radius 3 is 2.53 bits per heavy atom. The third-order valence-electron chi connectivity index (χ3n) is 5.72. The predicted octanol–water partition coefficient (Wildman–Crippen LogP) is 3.55. The molecule has 0 amide bonds. The fraction of sp³-hybridized carbons (Fsp3) is 0.208. The number of hydrogen-bond acceptors (Lipinski definition) is 4. The maximum atomic E-state index is 13.6. The van der Waals surface area contributed by atoms with Gasteiger partial charge in [-0.25, -0.2) is 0 Å². The number of aromatic nitrogens is 3. The number of ketones is 1. The van der Waals surface area contributed by atoms with Crippen molar-refractivity contribution in [1.82, 2.24) is 19.7 Å². The molecule has 0 fully saturated rings.